The Balaban J connectivity index is 1.53. The molecule has 3 aromatic rings. The Morgan fingerprint density at radius 1 is 0.778 bits per heavy atom. The van der Waals surface area contributed by atoms with Gasteiger partial charge in [-0.15, -0.1) is 0 Å². The van der Waals surface area contributed by atoms with Crippen molar-refractivity contribution in [2.75, 3.05) is 19.6 Å². The highest BCUT2D eigenvalue weighted by Gasteiger charge is 2.32. The molecule has 0 spiro atoms. The zero-order chi connectivity index (χ0) is 18.5. The second kappa shape index (κ2) is 8.06. The molecule has 0 radical (unpaired) electrons. The first-order valence-corrected chi connectivity index (χ1v) is 10.1. The first-order valence-electron chi connectivity index (χ1n) is 10.1. The highest BCUT2D eigenvalue weighted by molar-refractivity contribution is 5.91. The lowest BCUT2D eigenvalue weighted by molar-refractivity contribution is -0.937. The van der Waals surface area contributed by atoms with Crippen molar-refractivity contribution in [2.45, 2.75) is 32.2 Å². The molecule has 0 bridgehead atoms. The van der Waals surface area contributed by atoms with E-state index in [1.165, 1.54) is 35.6 Å². The van der Waals surface area contributed by atoms with E-state index < -0.39 is 0 Å². The topological polar surface area (TPSA) is 17.1 Å². The summed E-state index contributed by atoms with van der Waals surface area (Å²) >= 11 is 0. The highest BCUT2D eigenvalue weighted by atomic mass is 16.1. The van der Waals surface area contributed by atoms with Crippen LogP contribution in [-0.2, 0) is 17.8 Å². The Labute approximate surface area is 162 Å². The van der Waals surface area contributed by atoms with Gasteiger partial charge in [-0.2, -0.15) is 0 Å². The standard InChI is InChI=1S/C25H28NO/c27-24(18-23-14-9-13-22-12-5-6-15-25(22)23)20-26(16-7-2-8-17-26)19-21-10-3-1-4-11-21/h1,3-6,9-15H,2,7-8,16-20H2/q+1. The van der Waals surface area contributed by atoms with Crippen molar-refractivity contribution in [3.8, 4) is 0 Å². The molecule has 0 atom stereocenters. The molecule has 4 rings (SSSR count). The number of carbonyl (C=O) groups is 1. The number of likely N-dealkylation sites (tertiary alicyclic amines) is 1. The lowest BCUT2D eigenvalue weighted by atomic mass is 9.98. The predicted molar refractivity (Wildman–Crippen MR) is 112 cm³/mol. The lowest BCUT2D eigenvalue weighted by Crippen LogP contribution is -2.53. The van der Waals surface area contributed by atoms with Gasteiger partial charge in [0.25, 0.3) is 0 Å². The quantitative estimate of drug-likeness (QED) is 0.557. The zero-order valence-corrected chi connectivity index (χ0v) is 15.9. The number of fused-ring (bicyclic) bond motifs is 1. The van der Waals surface area contributed by atoms with Crippen LogP contribution in [0.1, 0.15) is 30.4 Å². The number of rotatable bonds is 6. The van der Waals surface area contributed by atoms with E-state index in [9.17, 15) is 4.79 Å². The maximum absolute atomic E-state index is 13.1. The Kier molecular flexibility index (Phi) is 5.35. The molecule has 0 saturated carbocycles. The normalized spacial score (nSPS) is 16.3. The third-order valence-corrected chi connectivity index (χ3v) is 5.91. The van der Waals surface area contributed by atoms with Gasteiger partial charge < -0.3 is 4.48 Å². The Morgan fingerprint density at radius 2 is 1.48 bits per heavy atom. The van der Waals surface area contributed by atoms with Gasteiger partial charge in [0, 0.05) is 12.0 Å². The molecule has 138 valence electrons. The van der Waals surface area contributed by atoms with Crippen molar-refractivity contribution in [1.82, 2.24) is 0 Å². The summed E-state index contributed by atoms with van der Waals surface area (Å²) in [4.78, 5) is 13.1. The average molecular weight is 359 g/mol. The maximum Gasteiger partial charge on any atom is 0.191 e. The van der Waals surface area contributed by atoms with Gasteiger partial charge in [0.1, 0.15) is 13.1 Å². The fourth-order valence-corrected chi connectivity index (χ4v) is 4.61. The smallest absolute Gasteiger partial charge is 0.191 e. The second-order valence-electron chi connectivity index (χ2n) is 8.01. The molecular formula is C25H28NO+. The molecular weight excluding hydrogens is 330 g/mol. The minimum absolute atomic E-state index is 0.365. The molecule has 1 aliphatic rings. The lowest BCUT2D eigenvalue weighted by Gasteiger charge is -2.41. The number of piperidine rings is 1. The van der Waals surface area contributed by atoms with Gasteiger partial charge in [-0.25, -0.2) is 0 Å². The Morgan fingerprint density at radius 3 is 2.30 bits per heavy atom. The Hall–Kier alpha value is -2.45. The van der Waals surface area contributed by atoms with Crippen molar-refractivity contribution in [2.24, 2.45) is 0 Å². The van der Waals surface area contributed by atoms with Gasteiger partial charge in [0.15, 0.2) is 5.78 Å². The number of hydrogen-bond acceptors (Lipinski definition) is 1. The SMILES string of the molecule is O=C(Cc1cccc2ccccc12)C[N+]1(Cc2ccccc2)CCCCC1. The molecule has 1 saturated heterocycles. The number of ketones is 1. The molecule has 1 fully saturated rings. The minimum atomic E-state index is 0.365. The van der Waals surface area contributed by atoms with E-state index in [0.717, 1.165) is 29.7 Å². The monoisotopic (exact) mass is 358 g/mol. The summed E-state index contributed by atoms with van der Waals surface area (Å²) in [7, 11) is 0. The molecule has 1 aliphatic heterocycles. The van der Waals surface area contributed by atoms with Gasteiger partial charge in [0.05, 0.1) is 13.1 Å². The summed E-state index contributed by atoms with van der Waals surface area (Å²) in [6.07, 6.45) is 4.30. The number of Topliss-reactive ketones (excluding diaryl/α,β-unsaturated/α-hetero) is 1. The summed E-state index contributed by atoms with van der Waals surface area (Å²) in [5.74, 6) is 0.365. The van der Waals surface area contributed by atoms with Crippen LogP contribution in [0.4, 0.5) is 0 Å². The summed E-state index contributed by atoms with van der Waals surface area (Å²) in [6.45, 7) is 3.87. The zero-order valence-electron chi connectivity index (χ0n) is 15.9. The van der Waals surface area contributed by atoms with E-state index >= 15 is 0 Å². The van der Waals surface area contributed by atoms with E-state index in [2.05, 4.69) is 72.8 Å². The van der Waals surface area contributed by atoms with Gasteiger partial charge in [-0.3, -0.25) is 4.79 Å². The third kappa shape index (κ3) is 4.28. The molecule has 0 amide bonds. The van der Waals surface area contributed by atoms with E-state index in [0.29, 0.717) is 18.7 Å². The molecule has 2 nitrogen and oxygen atoms in total. The number of quaternary nitrogens is 1. The van der Waals surface area contributed by atoms with Crippen molar-refractivity contribution >= 4 is 16.6 Å². The van der Waals surface area contributed by atoms with Crippen LogP contribution < -0.4 is 0 Å². The second-order valence-corrected chi connectivity index (χ2v) is 8.01. The third-order valence-electron chi connectivity index (χ3n) is 5.91. The highest BCUT2D eigenvalue weighted by Crippen LogP contribution is 2.24. The van der Waals surface area contributed by atoms with E-state index in [4.69, 9.17) is 0 Å². The summed E-state index contributed by atoms with van der Waals surface area (Å²) in [5.41, 5.74) is 2.50. The van der Waals surface area contributed by atoms with Crippen LogP contribution in [0.3, 0.4) is 0 Å². The molecule has 0 aromatic heterocycles. The van der Waals surface area contributed by atoms with Crippen molar-refractivity contribution in [3.63, 3.8) is 0 Å². The van der Waals surface area contributed by atoms with Crippen LogP contribution in [-0.4, -0.2) is 29.9 Å². The van der Waals surface area contributed by atoms with Crippen LogP contribution in [0.5, 0.6) is 0 Å². The molecule has 3 aromatic carbocycles. The number of benzene rings is 3. The van der Waals surface area contributed by atoms with Crippen LogP contribution >= 0.6 is 0 Å². The van der Waals surface area contributed by atoms with Crippen LogP contribution in [0.15, 0.2) is 72.8 Å². The summed E-state index contributed by atoms with van der Waals surface area (Å²) < 4.78 is 0.924. The number of hydrogen-bond donors (Lipinski definition) is 0. The van der Waals surface area contributed by atoms with Gasteiger partial charge >= 0.3 is 0 Å². The van der Waals surface area contributed by atoms with Crippen LogP contribution in [0.25, 0.3) is 10.8 Å². The van der Waals surface area contributed by atoms with Crippen LogP contribution in [0.2, 0.25) is 0 Å². The molecule has 0 aliphatic carbocycles. The molecule has 1 heterocycles. The van der Waals surface area contributed by atoms with Crippen molar-refractivity contribution in [3.05, 3.63) is 83.9 Å². The minimum Gasteiger partial charge on any atom is -0.314 e. The fraction of sp³-hybridized carbons (Fsp3) is 0.320. The average Bonchev–Trinajstić information content (AvgIpc) is 2.69. The largest absolute Gasteiger partial charge is 0.314 e. The van der Waals surface area contributed by atoms with Crippen molar-refractivity contribution in [1.29, 1.82) is 0 Å². The summed E-state index contributed by atoms with van der Waals surface area (Å²) in [6, 6.07) is 25.3. The number of carbonyl (C=O) groups excluding carboxylic acids is 1. The molecule has 0 N–H and O–H groups in total. The van der Waals surface area contributed by atoms with E-state index in [1.54, 1.807) is 0 Å². The molecule has 0 unspecified atom stereocenters. The molecule has 2 heteroatoms. The van der Waals surface area contributed by atoms with E-state index in [-0.39, 0.29) is 0 Å². The first-order chi connectivity index (χ1) is 13.2. The number of nitrogens with zero attached hydrogens (tertiary/aromatic N) is 1. The van der Waals surface area contributed by atoms with Gasteiger partial charge in [0.2, 0.25) is 0 Å². The van der Waals surface area contributed by atoms with Crippen LogP contribution in [0, 0.1) is 0 Å². The van der Waals surface area contributed by atoms with Gasteiger partial charge in [-0.05, 0) is 35.6 Å². The predicted octanol–water partition coefficient (Wildman–Crippen LogP) is 5.15. The Bertz CT molecular complexity index is 905. The fourth-order valence-electron chi connectivity index (χ4n) is 4.61. The van der Waals surface area contributed by atoms with E-state index in [1.807, 2.05) is 0 Å². The molecule has 27 heavy (non-hydrogen) atoms. The van der Waals surface area contributed by atoms with Crippen molar-refractivity contribution < 1.29 is 9.28 Å². The first kappa shape index (κ1) is 17.9. The van der Waals surface area contributed by atoms with Gasteiger partial charge in [-0.1, -0.05) is 72.8 Å². The summed E-state index contributed by atoms with van der Waals surface area (Å²) in [5, 5.41) is 2.43. The maximum atomic E-state index is 13.1.